The molecular formula is C18H21N3O. The molecule has 0 aliphatic carbocycles. The summed E-state index contributed by atoms with van der Waals surface area (Å²) in [5.74, 6) is 0.324. The summed E-state index contributed by atoms with van der Waals surface area (Å²) >= 11 is 0. The van der Waals surface area contributed by atoms with Crippen LogP contribution in [0.25, 0.3) is 11.3 Å². The van der Waals surface area contributed by atoms with Crippen LogP contribution in [0.5, 0.6) is 0 Å². The van der Waals surface area contributed by atoms with Crippen LogP contribution in [0.3, 0.4) is 0 Å². The van der Waals surface area contributed by atoms with E-state index in [4.69, 9.17) is 0 Å². The number of benzene rings is 1. The molecule has 0 unspecified atom stereocenters. The van der Waals surface area contributed by atoms with Gasteiger partial charge in [-0.25, -0.2) is 0 Å². The van der Waals surface area contributed by atoms with Crippen molar-refractivity contribution in [2.24, 2.45) is 5.92 Å². The first-order chi connectivity index (χ1) is 10.8. The molecule has 4 heteroatoms. The fourth-order valence-electron chi connectivity index (χ4n) is 2.79. The highest BCUT2D eigenvalue weighted by Gasteiger charge is 2.20. The van der Waals surface area contributed by atoms with Crippen molar-refractivity contribution in [3.8, 4) is 11.3 Å². The maximum atomic E-state index is 12.2. The third-order valence-electron chi connectivity index (χ3n) is 4.06. The molecule has 1 aromatic heterocycles. The predicted molar refractivity (Wildman–Crippen MR) is 87.1 cm³/mol. The zero-order valence-corrected chi connectivity index (χ0v) is 12.6. The zero-order chi connectivity index (χ0) is 15.2. The van der Waals surface area contributed by atoms with Crippen molar-refractivity contribution < 1.29 is 4.79 Å². The van der Waals surface area contributed by atoms with Crippen LogP contribution >= 0.6 is 0 Å². The number of carbonyl (C=O) groups is 1. The van der Waals surface area contributed by atoms with Gasteiger partial charge in [0.2, 0.25) is 5.91 Å². The van der Waals surface area contributed by atoms with Crippen LogP contribution in [0.15, 0.2) is 48.7 Å². The maximum absolute atomic E-state index is 12.2. The number of amides is 1. The fourth-order valence-corrected chi connectivity index (χ4v) is 2.79. The van der Waals surface area contributed by atoms with Crippen LogP contribution in [0.4, 0.5) is 0 Å². The van der Waals surface area contributed by atoms with Gasteiger partial charge in [0.15, 0.2) is 0 Å². The maximum Gasteiger partial charge on any atom is 0.223 e. The van der Waals surface area contributed by atoms with Crippen molar-refractivity contribution in [2.75, 3.05) is 13.1 Å². The molecular weight excluding hydrogens is 274 g/mol. The van der Waals surface area contributed by atoms with Gasteiger partial charge >= 0.3 is 0 Å². The second kappa shape index (κ2) is 7.18. The second-order valence-electron chi connectivity index (χ2n) is 5.66. The second-order valence-corrected chi connectivity index (χ2v) is 5.66. The van der Waals surface area contributed by atoms with Gasteiger partial charge in [-0.15, -0.1) is 0 Å². The minimum atomic E-state index is 0.153. The number of aromatic nitrogens is 1. The van der Waals surface area contributed by atoms with Gasteiger partial charge in [0, 0.05) is 24.2 Å². The summed E-state index contributed by atoms with van der Waals surface area (Å²) < 4.78 is 0. The number of pyridine rings is 1. The van der Waals surface area contributed by atoms with Gasteiger partial charge in [0.05, 0.1) is 5.69 Å². The lowest BCUT2D eigenvalue weighted by atomic mass is 9.97. The highest BCUT2D eigenvalue weighted by molar-refractivity contribution is 5.78. The van der Waals surface area contributed by atoms with Crippen molar-refractivity contribution in [3.63, 3.8) is 0 Å². The summed E-state index contributed by atoms with van der Waals surface area (Å²) in [7, 11) is 0. The Balaban J connectivity index is 1.62. The molecule has 3 rings (SSSR count). The van der Waals surface area contributed by atoms with Crippen LogP contribution in [-0.2, 0) is 11.3 Å². The highest BCUT2D eigenvalue weighted by atomic mass is 16.1. The molecule has 2 heterocycles. The molecule has 1 aromatic carbocycles. The number of hydrogen-bond donors (Lipinski definition) is 2. The molecule has 2 N–H and O–H groups in total. The van der Waals surface area contributed by atoms with Gasteiger partial charge in [0.1, 0.15) is 0 Å². The Kier molecular flexibility index (Phi) is 4.81. The van der Waals surface area contributed by atoms with Crippen molar-refractivity contribution in [1.82, 2.24) is 15.6 Å². The van der Waals surface area contributed by atoms with E-state index < -0.39 is 0 Å². The average molecular weight is 295 g/mol. The van der Waals surface area contributed by atoms with Crippen molar-refractivity contribution in [1.29, 1.82) is 0 Å². The Morgan fingerprint density at radius 3 is 2.82 bits per heavy atom. The number of nitrogens with one attached hydrogen (secondary N) is 2. The molecule has 0 bridgehead atoms. The average Bonchev–Trinajstić information content (AvgIpc) is 2.61. The van der Waals surface area contributed by atoms with Crippen LogP contribution in [0.1, 0.15) is 18.4 Å². The molecule has 114 valence electrons. The van der Waals surface area contributed by atoms with Crippen LogP contribution in [0.2, 0.25) is 0 Å². The first-order valence-electron chi connectivity index (χ1n) is 7.82. The van der Waals surface area contributed by atoms with Crippen LogP contribution in [-0.4, -0.2) is 24.0 Å². The molecule has 1 amide bonds. The standard InChI is InChI=1S/C18H21N3O/c22-18(15-7-10-19-11-8-15)21-13-14-4-3-5-16(12-14)17-6-1-2-9-20-17/h1-6,9,12,15,19H,7-8,10-11,13H2,(H,21,22). The minimum absolute atomic E-state index is 0.153. The summed E-state index contributed by atoms with van der Waals surface area (Å²) in [6, 6.07) is 14.1. The van der Waals surface area contributed by atoms with E-state index in [2.05, 4.69) is 21.7 Å². The first kappa shape index (κ1) is 14.7. The summed E-state index contributed by atoms with van der Waals surface area (Å²) in [5.41, 5.74) is 3.13. The lowest BCUT2D eigenvalue weighted by Gasteiger charge is -2.21. The molecule has 1 saturated heterocycles. The number of hydrogen-bond acceptors (Lipinski definition) is 3. The van der Waals surface area contributed by atoms with E-state index in [1.165, 1.54) is 0 Å². The molecule has 4 nitrogen and oxygen atoms in total. The van der Waals surface area contributed by atoms with E-state index >= 15 is 0 Å². The largest absolute Gasteiger partial charge is 0.352 e. The van der Waals surface area contributed by atoms with Gasteiger partial charge in [-0.1, -0.05) is 24.3 Å². The fraction of sp³-hybridized carbons (Fsp3) is 0.333. The summed E-state index contributed by atoms with van der Waals surface area (Å²) in [6.45, 7) is 2.45. The minimum Gasteiger partial charge on any atom is -0.352 e. The van der Waals surface area contributed by atoms with Crippen molar-refractivity contribution >= 4 is 5.91 Å². The zero-order valence-electron chi connectivity index (χ0n) is 12.6. The van der Waals surface area contributed by atoms with E-state index in [9.17, 15) is 4.79 Å². The van der Waals surface area contributed by atoms with Gasteiger partial charge in [0.25, 0.3) is 0 Å². The van der Waals surface area contributed by atoms with E-state index in [1.807, 2.05) is 36.4 Å². The summed E-state index contributed by atoms with van der Waals surface area (Å²) in [4.78, 5) is 16.5. The third kappa shape index (κ3) is 3.71. The third-order valence-corrected chi connectivity index (χ3v) is 4.06. The molecule has 0 saturated carbocycles. The number of carbonyl (C=O) groups excluding carboxylic acids is 1. The number of piperidine rings is 1. The molecule has 1 fully saturated rings. The normalized spacial score (nSPS) is 15.5. The Labute approximate surface area is 131 Å². The highest BCUT2D eigenvalue weighted by Crippen LogP contribution is 2.18. The van der Waals surface area contributed by atoms with Gasteiger partial charge < -0.3 is 10.6 Å². The molecule has 2 aromatic rings. The van der Waals surface area contributed by atoms with Gasteiger partial charge in [-0.2, -0.15) is 0 Å². The topological polar surface area (TPSA) is 54.0 Å². The van der Waals surface area contributed by atoms with Crippen molar-refractivity contribution in [2.45, 2.75) is 19.4 Å². The van der Waals surface area contributed by atoms with Gasteiger partial charge in [-0.05, 0) is 49.7 Å². The molecule has 1 aliphatic rings. The Bertz CT molecular complexity index is 621. The van der Waals surface area contributed by atoms with E-state index in [1.54, 1.807) is 6.20 Å². The van der Waals surface area contributed by atoms with Crippen LogP contribution < -0.4 is 10.6 Å². The Hall–Kier alpha value is -2.20. The van der Waals surface area contributed by atoms with Crippen molar-refractivity contribution in [3.05, 3.63) is 54.2 Å². The lowest BCUT2D eigenvalue weighted by Crippen LogP contribution is -2.37. The predicted octanol–water partition coefficient (Wildman–Crippen LogP) is 2.36. The Morgan fingerprint density at radius 1 is 1.18 bits per heavy atom. The summed E-state index contributed by atoms with van der Waals surface area (Å²) in [6.07, 6.45) is 3.65. The smallest absolute Gasteiger partial charge is 0.223 e. The molecule has 1 aliphatic heterocycles. The quantitative estimate of drug-likeness (QED) is 0.910. The van der Waals surface area contributed by atoms with E-state index in [0.717, 1.165) is 42.8 Å². The Morgan fingerprint density at radius 2 is 2.05 bits per heavy atom. The first-order valence-corrected chi connectivity index (χ1v) is 7.82. The van der Waals surface area contributed by atoms with Gasteiger partial charge in [-0.3, -0.25) is 9.78 Å². The van der Waals surface area contributed by atoms with Crippen LogP contribution in [0, 0.1) is 5.92 Å². The van der Waals surface area contributed by atoms with E-state index in [-0.39, 0.29) is 11.8 Å². The van der Waals surface area contributed by atoms with E-state index in [0.29, 0.717) is 6.54 Å². The lowest BCUT2D eigenvalue weighted by molar-refractivity contribution is -0.125. The summed E-state index contributed by atoms with van der Waals surface area (Å²) in [5, 5.41) is 6.34. The molecule has 0 atom stereocenters. The molecule has 22 heavy (non-hydrogen) atoms. The molecule has 0 radical (unpaired) electrons. The number of nitrogens with zero attached hydrogens (tertiary/aromatic N) is 1. The SMILES string of the molecule is O=C(NCc1cccc(-c2ccccn2)c1)C1CCNCC1. The molecule has 0 spiro atoms. The monoisotopic (exact) mass is 295 g/mol. The number of rotatable bonds is 4.